The molecule has 28 heavy (non-hydrogen) atoms. The van der Waals surface area contributed by atoms with Crippen LogP contribution in [0.4, 0.5) is 0 Å². The fourth-order valence-electron chi connectivity index (χ4n) is 2.57. The van der Waals surface area contributed by atoms with Crippen LogP contribution < -0.4 is 0 Å². The Labute approximate surface area is 172 Å². The Bertz CT molecular complexity index is 695. The normalized spacial score (nSPS) is 12.6. The molecule has 0 spiro atoms. The van der Waals surface area contributed by atoms with E-state index in [4.69, 9.17) is 9.16 Å². The summed E-state index contributed by atoms with van der Waals surface area (Å²) in [7, 11) is -1.98. The third-order valence-corrected chi connectivity index (χ3v) is 9.52. The second-order valence-corrected chi connectivity index (χ2v) is 13.3. The minimum Gasteiger partial charge on any atom is -0.518 e. The van der Waals surface area contributed by atoms with Crippen molar-refractivity contribution in [2.75, 3.05) is 6.61 Å². The topological polar surface area (TPSA) is 21.7 Å². The first-order valence-corrected chi connectivity index (χ1v) is 13.0. The van der Waals surface area contributed by atoms with Crippen LogP contribution in [0.15, 0.2) is 72.8 Å². The van der Waals surface area contributed by atoms with E-state index in [9.17, 15) is 0 Å². The first-order chi connectivity index (χ1) is 13.2. The molecule has 2 aromatic rings. The van der Waals surface area contributed by atoms with Gasteiger partial charge in [-0.3, -0.25) is 0 Å². The van der Waals surface area contributed by atoms with Crippen LogP contribution in [-0.2, 0) is 22.3 Å². The van der Waals surface area contributed by atoms with Crippen molar-refractivity contribution < 1.29 is 9.16 Å². The molecule has 0 radical (unpaired) electrons. The first kappa shape index (κ1) is 22.1. The van der Waals surface area contributed by atoms with Crippen LogP contribution in [-0.4, -0.2) is 19.8 Å². The minimum absolute atomic E-state index is 0.118. The third-order valence-electron chi connectivity index (χ3n) is 5.19. The lowest BCUT2D eigenvalue weighted by Crippen LogP contribution is -2.41. The molecule has 0 N–H and O–H groups in total. The van der Waals surface area contributed by atoms with Gasteiger partial charge in [0.05, 0.1) is 12.8 Å². The quantitative estimate of drug-likeness (QED) is 0.354. The Morgan fingerprint density at radius 1 is 0.893 bits per heavy atom. The summed E-state index contributed by atoms with van der Waals surface area (Å²) >= 11 is 0. The first-order valence-electron chi connectivity index (χ1n) is 10.1. The standard InChI is InChI=1S/C24H35NO2Si/c1-7-26-23(27-28(5,6)24(2,3)4)20-25(18-21-14-10-8-11-15-21)19-22-16-12-9-13-17-22/h8-17,20H,7,18-19H2,1-6H3/b23-20-. The van der Waals surface area contributed by atoms with Gasteiger partial charge >= 0.3 is 0 Å². The van der Waals surface area contributed by atoms with Gasteiger partial charge in [0.2, 0.25) is 0 Å². The Balaban J connectivity index is 2.29. The molecule has 0 amide bonds. The van der Waals surface area contributed by atoms with Crippen LogP contribution in [0.25, 0.3) is 0 Å². The number of hydrogen-bond donors (Lipinski definition) is 0. The van der Waals surface area contributed by atoms with Crippen LogP contribution >= 0.6 is 0 Å². The van der Waals surface area contributed by atoms with E-state index in [1.54, 1.807) is 0 Å². The minimum atomic E-state index is -1.98. The maximum atomic E-state index is 6.48. The van der Waals surface area contributed by atoms with Crippen LogP contribution in [0.2, 0.25) is 18.1 Å². The molecule has 0 fully saturated rings. The highest BCUT2D eigenvalue weighted by atomic mass is 28.4. The molecular formula is C24H35NO2Si. The zero-order chi connectivity index (χ0) is 20.6. The zero-order valence-corrected chi connectivity index (χ0v) is 19.2. The van der Waals surface area contributed by atoms with Gasteiger partial charge < -0.3 is 14.1 Å². The number of benzene rings is 2. The van der Waals surface area contributed by atoms with Crippen molar-refractivity contribution in [2.45, 2.75) is 58.9 Å². The highest BCUT2D eigenvalue weighted by Gasteiger charge is 2.40. The molecule has 0 aromatic heterocycles. The van der Waals surface area contributed by atoms with Gasteiger partial charge in [0.15, 0.2) is 0 Å². The summed E-state index contributed by atoms with van der Waals surface area (Å²) in [5.74, 6) is 0.626. The van der Waals surface area contributed by atoms with Crippen molar-refractivity contribution in [3.05, 3.63) is 83.9 Å². The van der Waals surface area contributed by atoms with Crippen molar-refractivity contribution >= 4 is 8.32 Å². The second kappa shape index (κ2) is 9.83. The summed E-state index contributed by atoms with van der Waals surface area (Å²) in [6.45, 7) is 15.4. The highest BCUT2D eigenvalue weighted by Crippen LogP contribution is 2.38. The van der Waals surface area contributed by atoms with Gasteiger partial charge in [-0.05, 0) is 36.2 Å². The molecule has 0 atom stereocenters. The van der Waals surface area contributed by atoms with Crippen molar-refractivity contribution in [3.8, 4) is 0 Å². The summed E-state index contributed by atoms with van der Waals surface area (Å²) in [6.07, 6.45) is 2.05. The molecule has 4 heteroatoms. The number of ether oxygens (including phenoxy) is 1. The average Bonchev–Trinajstić information content (AvgIpc) is 2.62. The van der Waals surface area contributed by atoms with E-state index in [2.05, 4.69) is 87.3 Å². The lowest BCUT2D eigenvalue weighted by atomic mass is 10.2. The molecule has 0 bridgehead atoms. The Hall–Kier alpha value is -2.20. The van der Waals surface area contributed by atoms with Gasteiger partial charge in [0.1, 0.15) is 0 Å². The Morgan fingerprint density at radius 2 is 1.36 bits per heavy atom. The monoisotopic (exact) mass is 397 g/mol. The predicted octanol–water partition coefficient (Wildman–Crippen LogP) is 6.55. The Morgan fingerprint density at radius 3 is 1.75 bits per heavy atom. The lowest BCUT2D eigenvalue weighted by molar-refractivity contribution is 0.0973. The van der Waals surface area contributed by atoms with Gasteiger partial charge in [-0.2, -0.15) is 0 Å². The van der Waals surface area contributed by atoms with E-state index in [0.717, 1.165) is 13.1 Å². The second-order valence-electron chi connectivity index (χ2n) is 8.62. The zero-order valence-electron chi connectivity index (χ0n) is 18.2. The van der Waals surface area contributed by atoms with E-state index >= 15 is 0 Å². The largest absolute Gasteiger partial charge is 0.518 e. The smallest absolute Gasteiger partial charge is 0.282 e. The molecule has 0 saturated carbocycles. The van der Waals surface area contributed by atoms with Gasteiger partial charge in [0, 0.05) is 13.1 Å². The average molecular weight is 398 g/mol. The third kappa shape index (κ3) is 6.75. The van der Waals surface area contributed by atoms with E-state index in [-0.39, 0.29) is 5.04 Å². The molecule has 2 aromatic carbocycles. The number of rotatable bonds is 9. The molecule has 152 valence electrons. The van der Waals surface area contributed by atoms with Crippen LogP contribution in [0, 0.1) is 0 Å². The maximum Gasteiger partial charge on any atom is 0.282 e. The van der Waals surface area contributed by atoms with Crippen LogP contribution in [0.1, 0.15) is 38.8 Å². The summed E-state index contributed by atoms with van der Waals surface area (Å²) in [6, 6.07) is 21.0. The number of nitrogens with zero attached hydrogens (tertiary/aromatic N) is 1. The van der Waals surface area contributed by atoms with E-state index in [0.29, 0.717) is 12.6 Å². The van der Waals surface area contributed by atoms with Crippen molar-refractivity contribution in [2.24, 2.45) is 0 Å². The van der Waals surface area contributed by atoms with E-state index in [1.165, 1.54) is 11.1 Å². The summed E-state index contributed by atoms with van der Waals surface area (Å²) in [4.78, 5) is 2.27. The van der Waals surface area contributed by atoms with Gasteiger partial charge in [0.25, 0.3) is 14.3 Å². The summed E-state index contributed by atoms with van der Waals surface area (Å²) < 4.78 is 12.4. The fraction of sp³-hybridized carbons (Fsp3) is 0.417. The Kier molecular flexibility index (Phi) is 7.75. The molecule has 0 aliphatic heterocycles. The highest BCUT2D eigenvalue weighted by molar-refractivity contribution is 6.74. The fourth-order valence-corrected chi connectivity index (χ4v) is 3.49. The lowest BCUT2D eigenvalue weighted by Gasteiger charge is -2.37. The van der Waals surface area contributed by atoms with Gasteiger partial charge in [-0.1, -0.05) is 81.4 Å². The summed E-state index contributed by atoms with van der Waals surface area (Å²) in [5.41, 5.74) is 2.52. The molecule has 0 aliphatic rings. The summed E-state index contributed by atoms with van der Waals surface area (Å²) in [5, 5.41) is 0.118. The van der Waals surface area contributed by atoms with Crippen LogP contribution in [0.3, 0.4) is 0 Å². The van der Waals surface area contributed by atoms with E-state index in [1.807, 2.05) is 25.3 Å². The molecule has 2 rings (SSSR count). The van der Waals surface area contributed by atoms with Gasteiger partial charge in [-0.25, -0.2) is 0 Å². The molecular weight excluding hydrogens is 362 g/mol. The van der Waals surface area contributed by atoms with Gasteiger partial charge in [-0.15, -0.1) is 0 Å². The maximum absolute atomic E-state index is 6.48. The van der Waals surface area contributed by atoms with Crippen molar-refractivity contribution in [1.82, 2.24) is 4.90 Å². The molecule has 0 aliphatic carbocycles. The SMILES string of the molecule is CCO/C(=C/N(Cc1ccccc1)Cc1ccccc1)O[Si](C)(C)C(C)(C)C. The molecule has 0 unspecified atom stereocenters. The molecule has 0 heterocycles. The van der Waals surface area contributed by atoms with Crippen molar-refractivity contribution in [1.29, 1.82) is 0 Å². The molecule has 3 nitrogen and oxygen atoms in total. The van der Waals surface area contributed by atoms with E-state index < -0.39 is 8.32 Å². The number of hydrogen-bond acceptors (Lipinski definition) is 3. The predicted molar refractivity (Wildman–Crippen MR) is 120 cm³/mol. The molecule has 0 saturated heterocycles. The van der Waals surface area contributed by atoms with Crippen LogP contribution in [0.5, 0.6) is 0 Å². The van der Waals surface area contributed by atoms with Crippen molar-refractivity contribution in [3.63, 3.8) is 0 Å².